The van der Waals surface area contributed by atoms with E-state index in [-0.39, 0.29) is 6.42 Å². The number of hydrogen-bond donors (Lipinski definition) is 1. The molecule has 5 heteroatoms. The molecule has 1 aliphatic rings. The second kappa shape index (κ2) is 4.66. The van der Waals surface area contributed by atoms with Gasteiger partial charge in [-0.2, -0.15) is 0 Å². The molecule has 0 aromatic heterocycles. The molecule has 1 atom stereocenters. The van der Waals surface area contributed by atoms with Gasteiger partial charge in [0.15, 0.2) is 14.6 Å². The normalized spacial score (nSPS) is 22.9. The molecule has 0 fully saturated rings. The summed E-state index contributed by atoms with van der Waals surface area (Å²) in [6.07, 6.45) is 5.39. The lowest BCUT2D eigenvalue weighted by molar-refractivity contribution is -0.138. The number of aliphatic carboxylic acids is 1. The standard InChI is InChI=1S/C14H14O4S/c1-19(17,18)14(13(15)16)9-7-12(8-10-14)11-5-3-2-4-6-11/h2-9H,10H2,1H3,(H,15,16). The summed E-state index contributed by atoms with van der Waals surface area (Å²) < 4.78 is 21.6. The third-order valence-corrected chi connectivity index (χ3v) is 5.09. The third kappa shape index (κ3) is 2.33. The summed E-state index contributed by atoms with van der Waals surface area (Å²) in [5, 5.41) is 9.22. The topological polar surface area (TPSA) is 71.4 Å². The van der Waals surface area contributed by atoms with Gasteiger partial charge in [0.1, 0.15) is 0 Å². The van der Waals surface area contributed by atoms with Gasteiger partial charge in [-0.05, 0) is 11.1 Å². The second-order valence-electron chi connectivity index (χ2n) is 4.53. The highest BCUT2D eigenvalue weighted by Crippen LogP contribution is 2.32. The second-order valence-corrected chi connectivity index (χ2v) is 6.80. The molecule has 1 aliphatic carbocycles. The molecular weight excluding hydrogens is 264 g/mol. The van der Waals surface area contributed by atoms with Crippen LogP contribution in [-0.4, -0.2) is 30.5 Å². The number of carboxylic acid groups (broad SMARTS) is 1. The highest BCUT2D eigenvalue weighted by molar-refractivity contribution is 7.93. The van der Waals surface area contributed by atoms with Crippen molar-refractivity contribution in [2.45, 2.75) is 11.2 Å². The van der Waals surface area contributed by atoms with Crippen molar-refractivity contribution in [3.63, 3.8) is 0 Å². The van der Waals surface area contributed by atoms with Crippen molar-refractivity contribution in [1.29, 1.82) is 0 Å². The van der Waals surface area contributed by atoms with E-state index in [1.54, 1.807) is 12.2 Å². The molecule has 0 bridgehead atoms. The highest BCUT2D eigenvalue weighted by Gasteiger charge is 2.46. The van der Waals surface area contributed by atoms with E-state index in [2.05, 4.69) is 0 Å². The van der Waals surface area contributed by atoms with Gasteiger partial charge in [0, 0.05) is 12.7 Å². The molecule has 0 aliphatic heterocycles. The lowest BCUT2D eigenvalue weighted by Gasteiger charge is -2.26. The van der Waals surface area contributed by atoms with E-state index in [0.29, 0.717) is 0 Å². The molecule has 0 heterocycles. The Hall–Kier alpha value is -1.88. The van der Waals surface area contributed by atoms with Crippen LogP contribution in [0.15, 0.2) is 48.6 Å². The molecule has 19 heavy (non-hydrogen) atoms. The monoisotopic (exact) mass is 278 g/mol. The minimum absolute atomic E-state index is 0.0537. The minimum atomic E-state index is -3.72. The molecule has 1 aromatic rings. The van der Waals surface area contributed by atoms with Crippen LogP contribution in [0.4, 0.5) is 0 Å². The van der Waals surface area contributed by atoms with Crippen molar-refractivity contribution in [1.82, 2.24) is 0 Å². The Morgan fingerprint density at radius 3 is 2.32 bits per heavy atom. The summed E-state index contributed by atoms with van der Waals surface area (Å²) in [5.74, 6) is -1.34. The number of hydrogen-bond acceptors (Lipinski definition) is 3. The average molecular weight is 278 g/mol. The van der Waals surface area contributed by atoms with E-state index in [9.17, 15) is 18.3 Å². The van der Waals surface area contributed by atoms with Crippen LogP contribution in [0.1, 0.15) is 12.0 Å². The summed E-state index contributed by atoms with van der Waals surface area (Å²) in [4.78, 5) is 11.3. The zero-order chi connectivity index (χ0) is 14.1. The Kier molecular flexibility index (Phi) is 3.32. The van der Waals surface area contributed by atoms with E-state index in [0.717, 1.165) is 17.4 Å². The molecule has 0 saturated heterocycles. The molecule has 0 radical (unpaired) electrons. The molecule has 2 rings (SSSR count). The van der Waals surface area contributed by atoms with E-state index >= 15 is 0 Å². The smallest absolute Gasteiger partial charge is 0.329 e. The number of rotatable bonds is 3. The predicted molar refractivity (Wildman–Crippen MR) is 73.4 cm³/mol. The first-order chi connectivity index (χ1) is 8.87. The lowest BCUT2D eigenvalue weighted by Crippen LogP contribution is -2.44. The number of sulfone groups is 1. The predicted octanol–water partition coefficient (Wildman–Crippen LogP) is 1.90. The maximum atomic E-state index is 11.7. The van der Waals surface area contributed by atoms with Gasteiger partial charge in [0.25, 0.3) is 0 Å². The van der Waals surface area contributed by atoms with Crippen molar-refractivity contribution in [3.05, 3.63) is 54.1 Å². The maximum absolute atomic E-state index is 11.7. The fourth-order valence-electron chi connectivity index (χ4n) is 2.06. The highest BCUT2D eigenvalue weighted by atomic mass is 32.2. The lowest BCUT2D eigenvalue weighted by atomic mass is 9.92. The minimum Gasteiger partial charge on any atom is -0.480 e. The van der Waals surface area contributed by atoms with Crippen molar-refractivity contribution in [3.8, 4) is 0 Å². The van der Waals surface area contributed by atoms with Gasteiger partial charge in [-0.25, -0.2) is 8.42 Å². The van der Waals surface area contributed by atoms with Crippen LogP contribution in [0.25, 0.3) is 5.57 Å². The van der Waals surface area contributed by atoms with Gasteiger partial charge in [-0.3, -0.25) is 4.79 Å². The summed E-state index contributed by atoms with van der Waals surface area (Å²) >= 11 is 0. The first-order valence-electron chi connectivity index (χ1n) is 5.75. The zero-order valence-corrected chi connectivity index (χ0v) is 11.2. The van der Waals surface area contributed by atoms with Gasteiger partial charge in [0.2, 0.25) is 0 Å². The largest absolute Gasteiger partial charge is 0.480 e. The molecule has 1 aromatic carbocycles. The summed E-state index contributed by atoms with van der Waals surface area (Å²) in [6, 6.07) is 9.42. The summed E-state index contributed by atoms with van der Waals surface area (Å²) in [5.41, 5.74) is 1.77. The molecule has 0 saturated carbocycles. The molecular formula is C14H14O4S. The van der Waals surface area contributed by atoms with Gasteiger partial charge in [-0.15, -0.1) is 0 Å². The molecule has 4 nitrogen and oxygen atoms in total. The summed E-state index contributed by atoms with van der Waals surface area (Å²) in [7, 11) is -3.72. The van der Waals surface area contributed by atoms with Crippen LogP contribution in [0.3, 0.4) is 0 Å². The van der Waals surface area contributed by atoms with Gasteiger partial charge < -0.3 is 5.11 Å². The van der Waals surface area contributed by atoms with Crippen molar-refractivity contribution >= 4 is 21.4 Å². The Labute approximate surface area is 112 Å². The van der Waals surface area contributed by atoms with Gasteiger partial charge in [-0.1, -0.05) is 48.6 Å². The zero-order valence-electron chi connectivity index (χ0n) is 10.4. The molecule has 1 N–H and O–H groups in total. The third-order valence-electron chi connectivity index (χ3n) is 3.29. The van der Waals surface area contributed by atoms with Gasteiger partial charge in [0.05, 0.1) is 0 Å². The Balaban J connectivity index is 2.39. The fraction of sp³-hybridized carbons (Fsp3) is 0.214. The molecule has 100 valence electrons. The first-order valence-corrected chi connectivity index (χ1v) is 7.64. The molecule has 0 amide bonds. The molecule has 1 unspecified atom stereocenters. The van der Waals surface area contributed by atoms with Crippen molar-refractivity contribution in [2.24, 2.45) is 0 Å². The number of carboxylic acids is 1. The van der Waals surface area contributed by atoms with Crippen LogP contribution in [0, 0.1) is 0 Å². The SMILES string of the molecule is CS(=O)(=O)C1(C(=O)O)C=CC(c2ccccc2)=CC1. The van der Waals surface area contributed by atoms with E-state index < -0.39 is 20.6 Å². The Morgan fingerprint density at radius 1 is 1.26 bits per heavy atom. The van der Waals surface area contributed by atoms with Crippen LogP contribution in [-0.2, 0) is 14.6 Å². The maximum Gasteiger partial charge on any atom is 0.329 e. The Morgan fingerprint density at radius 2 is 1.89 bits per heavy atom. The van der Waals surface area contributed by atoms with Crippen LogP contribution >= 0.6 is 0 Å². The van der Waals surface area contributed by atoms with Crippen LogP contribution in [0.5, 0.6) is 0 Å². The first kappa shape index (κ1) is 13.5. The van der Waals surface area contributed by atoms with Crippen molar-refractivity contribution < 1.29 is 18.3 Å². The van der Waals surface area contributed by atoms with E-state index in [4.69, 9.17) is 0 Å². The fourth-order valence-corrected chi connectivity index (χ4v) is 3.08. The van der Waals surface area contributed by atoms with Crippen LogP contribution in [0.2, 0.25) is 0 Å². The average Bonchev–Trinajstić information content (AvgIpc) is 2.38. The van der Waals surface area contributed by atoms with E-state index in [1.165, 1.54) is 6.08 Å². The van der Waals surface area contributed by atoms with Gasteiger partial charge >= 0.3 is 5.97 Å². The number of carbonyl (C=O) groups is 1. The van der Waals surface area contributed by atoms with E-state index in [1.807, 2.05) is 30.3 Å². The number of allylic oxidation sites excluding steroid dienone is 3. The van der Waals surface area contributed by atoms with Crippen LogP contribution < -0.4 is 0 Å². The molecule has 0 spiro atoms. The van der Waals surface area contributed by atoms with Crippen molar-refractivity contribution in [2.75, 3.05) is 6.26 Å². The Bertz CT molecular complexity index is 656. The quantitative estimate of drug-likeness (QED) is 0.916. The summed E-state index contributed by atoms with van der Waals surface area (Å²) in [6.45, 7) is 0. The number of benzene rings is 1.